The van der Waals surface area contributed by atoms with Gasteiger partial charge >= 0.3 is 0 Å². The van der Waals surface area contributed by atoms with Crippen LogP contribution in [0.3, 0.4) is 0 Å². The third-order valence-corrected chi connectivity index (χ3v) is 4.08. The summed E-state index contributed by atoms with van der Waals surface area (Å²) in [7, 11) is 0. The molecule has 1 saturated carbocycles. The fraction of sp³-hybridized carbons (Fsp3) is 0.375. The van der Waals surface area contributed by atoms with Crippen LogP contribution in [-0.2, 0) is 0 Å². The number of aliphatic hydroxyl groups excluding tert-OH is 1. The zero-order chi connectivity index (χ0) is 14.8. The number of fused-ring (bicyclic) bond motifs is 1. The lowest BCUT2D eigenvalue weighted by Gasteiger charge is -2.28. The molecule has 3 N–H and O–H groups in total. The summed E-state index contributed by atoms with van der Waals surface area (Å²) >= 11 is 0. The summed E-state index contributed by atoms with van der Waals surface area (Å²) in [5.74, 6) is -0.423. The number of rotatable bonds is 2. The molecule has 1 fully saturated rings. The van der Waals surface area contributed by atoms with E-state index in [1.54, 1.807) is 18.2 Å². The summed E-state index contributed by atoms with van der Waals surface area (Å²) in [6, 6.07) is 6.82. The van der Waals surface area contributed by atoms with Crippen molar-refractivity contribution in [3.8, 4) is 0 Å². The van der Waals surface area contributed by atoms with E-state index in [-0.39, 0.29) is 17.0 Å². The molecule has 5 nitrogen and oxygen atoms in total. The number of hydrogen-bond acceptors (Lipinski definition) is 3. The van der Waals surface area contributed by atoms with Crippen molar-refractivity contribution < 1.29 is 9.90 Å². The Morgan fingerprint density at radius 2 is 2.00 bits per heavy atom. The average Bonchev–Trinajstić information content (AvgIpc) is 2.50. The van der Waals surface area contributed by atoms with Gasteiger partial charge in [0.05, 0.1) is 12.1 Å². The van der Waals surface area contributed by atoms with Gasteiger partial charge in [0, 0.05) is 17.1 Å². The molecule has 1 aliphatic carbocycles. The zero-order valence-corrected chi connectivity index (χ0v) is 11.6. The molecular formula is C16H18N2O3. The number of aromatic nitrogens is 1. The van der Waals surface area contributed by atoms with Gasteiger partial charge in [0.2, 0.25) is 5.43 Å². The Morgan fingerprint density at radius 3 is 2.81 bits per heavy atom. The third-order valence-electron chi connectivity index (χ3n) is 4.08. The Labute approximate surface area is 122 Å². The summed E-state index contributed by atoms with van der Waals surface area (Å²) in [4.78, 5) is 27.6. The standard InChI is InChI=1S/C16H18N2O3/c19-14-8-4-3-7-13(14)18-16(21)11-9-17-12-6-2-1-5-10(12)15(11)20/h1-2,5-6,9,13-14,19H,3-4,7-8H2,(H,17,20)(H,18,21)/t13-,14-/m1/s1. The average molecular weight is 286 g/mol. The molecule has 0 bridgehead atoms. The molecule has 2 atom stereocenters. The Hall–Kier alpha value is -2.14. The molecule has 0 spiro atoms. The predicted octanol–water partition coefficient (Wildman–Crippen LogP) is 1.56. The Balaban J connectivity index is 1.88. The van der Waals surface area contributed by atoms with Crippen LogP contribution >= 0.6 is 0 Å². The molecule has 0 unspecified atom stereocenters. The summed E-state index contributed by atoms with van der Waals surface area (Å²) in [6.07, 6.45) is 4.31. The highest BCUT2D eigenvalue weighted by Gasteiger charge is 2.25. The quantitative estimate of drug-likeness (QED) is 0.783. The van der Waals surface area contributed by atoms with E-state index in [2.05, 4.69) is 10.3 Å². The van der Waals surface area contributed by atoms with Crippen LogP contribution in [0.15, 0.2) is 35.3 Å². The van der Waals surface area contributed by atoms with Crippen molar-refractivity contribution in [3.63, 3.8) is 0 Å². The smallest absolute Gasteiger partial charge is 0.257 e. The molecule has 1 aromatic carbocycles. The number of carbonyl (C=O) groups excluding carboxylic acids is 1. The first kappa shape index (κ1) is 13.8. The van der Waals surface area contributed by atoms with Crippen molar-refractivity contribution >= 4 is 16.8 Å². The first-order valence-electron chi connectivity index (χ1n) is 7.26. The fourth-order valence-electron chi connectivity index (χ4n) is 2.86. The van der Waals surface area contributed by atoms with E-state index in [1.807, 2.05) is 6.07 Å². The van der Waals surface area contributed by atoms with E-state index >= 15 is 0 Å². The molecule has 0 radical (unpaired) electrons. The van der Waals surface area contributed by atoms with Crippen LogP contribution in [0, 0.1) is 0 Å². The van der Waals surface area contributed by atoms with E-state index in [0.717, 1.165) is 19.3 Å². The minimum Gasteiger partial charge on any atom is -0.391 e. The lowest BCUT2D eigenvalue weighted by atomic mass is 9.92. The lowest BCUT2D eigenvalue weighted by Crippen LogP contribution is -2.46. The van der Waals surface area contributed by atoms with Crippen molar-refractivity contribution in [1.82, 2.24) is 10.3 Å². The van der Waals surface area contributed by atoms with Gasteiger partial charge in [0.25, 0.3) is 5.91 Å². The highest BCUT2D eigenvalue weighted by Crippen LogP contribution is 2.18. The Morgan fingerprint density at radius 1 is 1.24 bits per heavy atom. The first-order chi connectivity index (χ1) is 10.2. The molecule has 110 valence electrons. The van der Waals surface area contributed by atoms with E-state index in [0.29, 0.717) is 17.3 Å². The second kappa shape index (κ2) is 5.69. The molecule has 0 saturated heterocycles. The maximum absolute atomic E-state index is 12.3. The van der Waals surface area contributed by atoms with Crippen LogP contribution in [-0.4, -0.2) is 28.1 Å². The number of amides is 1. The molecule has 5 heteroatoms. The molecule has 1 heterocycles. The minimum absolute atomic E-state index is 0.0893. The topological polar surface area (TPSA) is 82.2 Å². The zero-order valence-electron chi connectivity index (χ0n) is 11.6. The summed E-state index contributed by atoms with van der Waals surface area (Å²) < 4.78 is 0. The number of nitrogens with one attached hydrogen (secondary N) is 2. The van der Waals surface area contributed by atoms with Gasteiger partial charge in [-0.15, -0.1) is 0 Å². The minimum atomic E-state index is -0.526. The number of para-hydroxylation sites is 1. The van der Waals surface area contributed by atoms with Gasteiger partial charge in [-0.25, -0.2) is 0 Å². The second-order valence-electron chi connectivity index (χ2n) is 5.51. The number of benzene rings is 1. The van der Waals surface area contributed by atoms with Crippen molar-refractivity contribution in [2.24, 2.45) is 0 Å². The van der Waals surface area contributed by atoms with Gasteiger partial charge < -0.3 is 15.4 Å². The predicted molar refractivity (Wildman–Crippen MR) is 80.3 cm³/mol. The number of H-pyrrole nitrogens is 1. The summed E-state index contributed by atoms with van der Waals surface area (Å²) in [6.45, 7) is 0. The van der Waals surface area contributed by atoms with Crippen LogP contribution in [0.5, 0.6) is 0 Å². The Kier molecular flexibility index (Phi) is 3.75. The molecule has 3 rings (SSSR count). The van der Waals surface area contributed by atoms with Gasteiger partial charge in [-0.05, 0) is 25.0 Å². The maximum Gasteiger partial charge on any atom is 0.257 e. The van der Waals surface area contributed by atoms with Crippen LogP contribution < -0.4 is 10.7 Å². The Bertz CT molecular complexity index is 723. The van der Waals surface area contributed by atoms with Gasteiger partial charge in [0.1, 0.15) is 5.56 Å². The van der Waals surface area contributed by atoms with Crippen molar-refractivity contribution in [3.05, 3.63) is 46.2 Å². The maximum atomic E-state index is 12.3. The van der Waals surface area contributed by atoms with Crippen molar-refractivity contribution in [2.75, 3.05) is 0 Å². The molecule has 1 aromatic heterocycles. The van der Waals surface area contributed by atoms with Gasteiger partial charge in [-0.3, -0.25) is 9.59 Å². The molecule has 0 aliphatic heterocycles. The molecule has 21 heavy (non-hydrogen) atoms. The van der Waals surface area contributed by atoms with E-state index in [1.165, 1.54) is 6.20 Å². The van der Waals surface area contributed by atoms with Crippen LogP contribution in [0.2, 0.25) is 0 Å². The van der Waals surface area contributed by atoms with Crippen LogP contribution in [0.4, 0.5) is 0 Å². The number of carbonyl (C=O) groups is 1. The number of aliphatic hydroxyl groups is 1. The van der Waals surface area contributed by atoms with Crippen LogP contribution in [0.1, 0.15) is 36.0 Å². The number of aromatic amines is 1. The monoisotopic (exact) mass is 286 g/mol. The number of pyridine rings is 1. The molecule has 2 aromatic rings. The van der Waals surface area contributed by atoms with Gasteiger partial charge in [0.15, 0.2) is 0 Å². The van der Waals surface area contributed by atoms with E-state index in [9.17, 15) is 14.7 Å². The summed E-state index contributed by atoms with van der Waals surface area (Å²) in [5.41, 5.74) is 0.510. The molecule has 1 aliphatic rings. The second-order valence-corrected chi connectivity index (χ2v) is 5.51. The van der Waals surface area contributed by atoms with Crippen molar-refractivity contribution in [2.45, 2.75) is 37.8 Å². The van der Waals surface area contributed by atoms with Crippen molar-refractivity contribution in [1.29, 1.82) is 0 Å². The van der Waals surface area contributed by atoms with Gasteiger partial charge in [-0.1, -0.05) is 25.0 Å². The largest absolute Gasteiger partial charge is 0.391 e. The SMILES string of the molecule is O=C(N[C@@H]1CCCC[C@H]1O)c1c[nH]c2ccccc2c1=O. The lowest BCUT2D eigenvalue weighted by molar-refractivity contribution is 0.0716. The van der Waals surface area contributed by atoms with Crippen LogP contribution in [0.25, 0.3) is 10.9 Å². The number of hydrogen-bond donors (Lipinski definition) is 3. The van der Waals surface area contributed by atoms with Gasteiger partial charge in [-0.2, -0.15) is 0 Å². The highest BCUT2D eigenvalue weighted by atomic mass is 16.3. The first-order valence-corrected chi connectivity index (χ1v) is 7.26. The highest BCUT2D eigenvalue weighted by molar-refractivity contribution is 5.97. The molecule has 1 amide bonds. The van der Waals surface area contributed by atoms with E-state index < -0.39 is 12.0 Å². The summed E-state index contributed by atoms with van der Waals surface area (Å²) in [5, 5.41) is 13.2. The third kappa shape index (κ3) is 2.69. The molecular weight excluding hydrogens is 268 g/mol. The normalized spacial score (nSPS) is 22.1. The van der Waals surface area contributed by atoms with E-state index in [4.69, 9.17) is 0 Å². The fourth-order valence-corrected chi connectivity index (χ4v) is 2.86.